The second-order valence-corrected chi connectivity index (χ2v) is 7.94. The minimum Gasteiger partial charge on any atom is -0.212 e. The van der Waals surface area contributed by atoms with E-state index in [-0.39, 0.29) is 11.7 Å². The summed E-state index contributed by atoms with van der Waals surface area (Å²) in [6.07, 6.45) is 1.80. The van der Waals surface area contributed by atoms with Gasteiger partial charge >= 0.3 is 0 Å². The van der Waals surface area contributed by atoms with Crippen molar-refractivity contribution in [2.45, 2.75) is 25.7 Å². The molecule has 1 fully saturated rings. The van der Waals surface area contributed by atoms with Crippen molar-refractivity contribution in [3.05, 3.63) is 35.9 Å². The molecule has 0 bridgehead atoms. The van der Waals surface area contributed by atoms with Crippen molar-refractivity contribution in [1.82, 2.24) is 4.31 Å². The Kier molecular flexibility index (Phi) is 5.47. The van der Waals surface area contributed by atoms with Gasteiger partial charge in [-0.25, -0.2) is 12.7 Å². The average Bonchev–Trinajstić information content (AvgIpc) is 2.48. The number of alkyl halides is 1. The van der Waals surface area contributed by atoms with E-state index in [0.717, 1.165) is 12.8 Å². The fraction of sp³-hybridized carbons (Fsp3) is 0.600. The van der Waals surface area contributed by atoms with Gasteiger partial charge < -0.3 is 0 Å². The summed E-state index contributed by atoms with van der Waals surface area (Å²) in [5, 5.41) is 0. The summed E-state index contributed by atoms with van der Waals surface area (Å²) in [7, 11) is -3.15. The van der Waals surface area contributed by atoms with Gasteiger partial charge in [0, 0.05) is 19.0 Å². The number of halogens is 1. The molecule has 20 heavy (non-hydrogen) atoms. The van der Waals surface area contributed by atoms with Gasteiger partial charge in [0.2, 0.25) is 10.0 Å². The summed E-state index contributed by atoms with van der Waals surface area (Å²) in [6.45, 7) is 3.12. The lowest BCUT2D eigenvalue weighted by Gasteiger charge is -2.32. The van der Waals surface area contributed by atoms with Crippen molar-refractivity contribution < 1.29 is 8.42 Å². The highest BCUT2D eigenvalue weighted by atomic mass is 35.5. The summed E-state index contributed by atoms with van der Waals surface area (Å²) >= 11 is 5.72. The first-order valence-electron chi connectivity index (χ1n) is 7.11. The van der Waals surface area contributed by atoms with Crippen LogP contribution in [0.1, 0.15) is 31.2 Å². The Balaban J connectivity index is 1.94. The molecule has 2 rings (SSSR count). The molecule has 0 aromatic heterocycles. The minimum atomic E-state index is -3.15. The van der Waals surface area contributed by atoms with Gasteiger partial charge in [-0.1, -0.05) is 37.3 Å². The monoisotopic (exact) mass is 315 g/mol. The summed E-state index contributed by atoms with van der Waals surface area (Å²) in [4.78, 5) is 0. The van der Waals surface area contributed by atoms with Crippen LogP contribution >= 0.6 is 11.6 Å². The molecule has 1 atom stereocenters. The molecular formula is C15H22ClNO2S. The zero-order valence-electron chi connectivity index (χ0n) is 11.8. The molecule has 0 saturated carbocycles. The second kappa shape index (κ2) is 6.92. The van der Waals surface area contributed by atoms with Gasteiger partial charge in [-0.15, -0.1) is 11.6 Å². The maximum atomic E-state index is 12.3. The zero-order chi connectivity index (χ0) is 14.6. The quantitative estimate of drug-likeness (QED) is 0.783. The average molecular weight is 316 g/mol. The van der Waals surface area contributed by atoms with Crippen molar-refractivity contribution >= 4 is 21.6 Å². The fourth-order valence-electron chi connectivity index (χ4n) is 2.70. The van der Waals surface area contributed by atoms with E-state index in [9.17, 15) is 8.42 Å². The molecule has 112 valence electrons. The van der Waals surface area contributed by atoms with Crippen LogP contribution in [0.3, 0.4) is 0 Å². The molecule has 0 spiro atoms. The Morgan fingerprint density at radius 1 is 1.25 bits per heavy atom. The first kappa shape index (κ1) is 15.8. The van der Waals surface area contributed by atoms with Gasteiger partial charge in [0.1, 0.15) is 0 Å². The molecule has 5 heteroatoms. The van der Waals surface area contributed by atoms with Crippen molar-refractivity contribution in [1.29, 1.82) is 0 Å². The maximum Gasteiger partial charge on any atom is 0.214 e. The standard InChI is InChI=1S/C15H22ClNO2S/c1-13(11-16)12-20(18,19)17-9-7-15(8-10-17)14-5-3-2-4-6-14/h2-6,13,15H,7-12H2,1H3. The van der Waals surface area contributed by atoms with Crippen molar-refractivity contribution in [3.8, 4) is 0 Å². The summed E-state index contributed by atoms with van der Waals surface area (Å²) in [6, 6.07) is 10.4. The van der Waals surface area contributed by atoms with Crippen molar-refractivity contribution in [2.24, 2.45) is 5.92 Å². The molecule has 1 heterocycles. The number of piperidine rings is 1. The first-order chi connectivity index (χ1) is 9.53. The van der Waals surface area contributed by atoms with E-state index in [0.29, 0.717) is 24.9 Å². The van der Waals surface area contributed by atoms with E-state index < -0.39 is 10.0 Å². The predicted octanol–water partition coefficient (Wildman–Crippen LogP) is 3.07. The Morgan fingerprint density at radius 3 is 2.40 bits per heavy atom. The Morgan fingerprint density at radius 2 is 1.85 bits per heavy atom. The third-order valence-corrected chi connectivity index (χ3v) is 6.55. The topological polar surface area (TPSA) is 37.4 Å². The molecule has 1 aromatic rings. The molecule has 1 aliphatic heterocycles. The number of hydrogen-bond acceptors (Lipinski definition) is 2. The van der Waals surface area contributed by atoms with Crippen LogP contribution < -0.4 is 0 Å². The van der Waals surface area contributed by atoms with Crippen LogP contribution in [0.4, 0.5) is 0 Å². The van der Waals surface area contributed by atoms with E-state index in [1.807, 2.05) is 25.1 Å². The van der Waals surface area contributed by atoms with Crippen LogP contribution in [0.2, 0.25) is 0 Å². The summed E-state index contributed by atoms with van der Waals surface area (Å²) in [5.41, 5.74) is 1.32. The molecule has 0 N–H and O–H groups in total. The van der Waals surface area contributed by atoms with Gasteiger partial charge in [-0.3, -0.25) is 0 Å². The number of nitrogens with zero attached hydrogens (tertiary/aromatic N) is 1. The maximum absolute atomic E-state index is 12.3. The Labute approximate surface area is 127 Å². The van der Waals surface area contributed by atoms with Crippen LogP contribution in [0.15, 0.2) is 30.3 Å². The molecule has 0 radical (unpaired) electrons. The minimum absolute atomic E-state index is 0.00788. The molecule has 3 nitrogen and oxygen atoms in total. The third kappa shape index (κ3) is 3.96. The van der Waals surface area contributed by atoms with E-state index in [1.54, 1.807) is 4.31 Å². The molecule has 1 unspecified atom stereocenters. The largest absolute Gasteiger partial charge is 0.214 e. The Hall–Kier alpha value is -0.580. The second-order valence-electron chi connectivity index (χ2n) is 5.62. The van der Waals surface area contributed by atoms with Crippen molar-refractivity contribution in [3.63, 3.8) is 0 Å². The number of hydrogen-bond donors (Lipinski definition) is 0. The summed E-state index contributed by atoms with van der Waals surface area (Å²) < 4.78 is 26.2. The molecule has 1 aliphatic rings. The highest BCUT2D eigenvalue weighted by molar-refractivity contribution is 7.89. The van der Waals surface area contributed by atoms with Gasteiger partial charge in [0.05, 0.1) is 5.75 Å². The zero-order valence-corrected chi connectivity index (χ0v) is 13.4. The van der Waals surface area contributed by atoms with E-state index in [2.05, 4.69) is 12.1 Å². The van der Waals surface area contributed by atoms with Gasteiger partial charge in [-0.05, 0) is 30.2 Å². The Bertz CT molecular complexity index is 510. The molecule has 1 saturated heterocycles. The normalized spacial score (nSPS) is 19.9. The van der Waals surface area contributed by atoms with Crippen LogP contribution in [-0.2, 0) is 10.0 Å². The highest BCUT2D eigenvalue weighted by Gasteiger charge is 2.29. The lowest BCUT2D eigenvalue weighted by Crippen LogP contribution is -2.40. The molecular weight excluding hydrogens is 294 g/mol. The molecule has 0 aliphatic carbocycles. The lowest BCUT2D eigenvalue weighted by molar-refractivity contribution is 0.318. The van der Waals surface area contributed by atoms with Crippen molar-refractivity contribution in [2.75, 3.05) is 24.7 Å². The van der Waals surface area contributed by atoms with E-state index >= 15 is 0 Å². The van der Waals surface area contributed by atoms with Crippen LogP contribution in [0, 0.1) is 5.92 Å². The smallest absolute Gasteiger partial charge is 0.212 e. The molecule has 1 aromatic carbocycles. The lowest BCUT2D eigenvalue weighted by atomic mass is 9.90. The third-order valence-electron chi connectivity index (χ3n) is 3.88. The first-order valence-corrected chi connectivity index (χ1v) is 9.26. The van der Waals surface area contributed by atoms with Gasteiger partial charge in [0.15, 0.2) is 0 Å². The number of benzene rings is 1. The molecule has 0 amide bonds. The fourth-order valence-corrected chi connectivity index (χ4v) is 4.76. The van der Waals surface area contributed by atoms with E-state index in [4.69, 9.17) is 11.6 Å². The van der Waals surface area contributed by atoms with E-state index in [1.165, 1.54) is 5.56 Å². The predicted molar refractivity (Wildman–Crippen MR) is 83.7 cm³/mol. The SMILES string of the molecule is CC(CCl)CS(=O)(=O)N1CCC(c2ccccc2)CC1. The van der Waals surface area contributed by atoms with Gasteiger partial charge in [-0.2, -0.15) is 0 Å². The van der Waals surface area contributed by atoms with Crippen LogP contribution in [0.25, 0.3) is 0 Å². The number of sulfonamides is 1. The number of rotatable bonds is 5. The van der Waals surface area contributed by atoms with Crippen LogP contribution in [-0.4, -0.2) is 37.4 Å². The van der Waals surface area contributed by atoms with Gasteiger partial charge in [0.25, 0.3) is 0 Å². The summed E-state index contributed by atoms with van der Waals surface area (Å²) in [5.74, 6) is 1.04. The highest BCUT2D eigenvalue weighted by Crippen LogP contribution is 2.29. The van der Waals surface area contributed by atoms with Crippen LogP contribution in [0.5, 0.6) is 0 Å².